The average Bonchev–Trinajstić information content (AvgIpc) is 4.02. The van der Waals surface area contributed by atoms with Crippen molar-refractivity contribution in [1.82, 2.24) is 51.9 Å². The predicted octanol–water partition coefficient (Wildman–Crippen LogP) is -4.33. The van der Waals surface area contributed by atoms with Gasteiger partial charge in [-0.3, -0.25) is 57.7 Å². The number of carbonyl (C=O) groups excluding carboxylic acids is 11. The number of primary amides is 1. The van der Waals surface area contributed by atoms with E-state index in [1.165, 1.54) is 30.7 Å². The van der Waals surface area contributed by atoms with Gasteiger partial charge in [0.2, 0.25) is 65.0 Å². The van der Waals surface area contributed by atoms with Crippen LogP contribution in [0, 0.1) is 5.92 Å². The third-order valence-electron chi connectivity index (χ3n) is 12.3. The summed E-state index contributed by atoms with van der Waals surface area (Å²) in [6.45, 7) is 9.44. The SMILES string of the molecule is CCC[C@H](NC(=O)[C@@H](NC(=O)[C@H](NC(=O)[C@H](CCC(N)=O)NC(=O)CNC(=O)CN(C)C(C)=O)[C@@H](C)CC)[C@H](C)O)C(=O)N1CCC[C@H]1C(=O)N[C@@H](CCCN=C(N)N)C(=O)N1CCC[C@H]1C(=O)NCC. The smallest absolute Gasteiger partial charge is 0.245 e. The Morgan fingerprint density at radius 2 is 1.25 bits per heavy atom. The molecule has 11 amide bonds. The number of nitrogens with zero attached hydrogens (tertiary/aromatic N) is 4. The molecule has 9 atom stereocenters. The lowest BCUT2D eigenvalue weighted by molar-refractivity contribution is -0.145. The molecule has 2 rings (SSSR count). The van der Waals surface area contributed by atoms with Crippen LogP contribution in [-0.2, 0) is 52.7 Å². The maximum absolute atomic E-state index is 14.3. The monoisotopic (exact) mass is 1010 g/mol. The van der Waals surface area contributed by atoms with Gasteiger partial charge in [0.05, 0.1) is 19.2 Å². The maximum atomic E-state index is 14.3. The summed E-state index contributed by atoms with van der Waals surface area (Å²) >= 11 is 0. The fourth-order valence-corrected chi connectivity index (χ4v) is 8.10. The second-order valence-electron chi connectivity index (χ2n) is 18.0. The fourth-order valence-electron chi connectivity index (χ4n) is 8.10. The summed E-state index contributed by atoms with van der Waals surface area (Å²) < 4.78 is 0. The molecule has 2 saturated heterocycles. The van der Waals surface area contributed by atoms with Gasteiger partial charge >= 0.3 is 0 Å². The minimum absolute atomic E-state index is 0.0983. The van der Waals surface area contributed by atoms with Gasteiger partial charge in [-0.15, -0.1) is 0 Å². The summed E-state index contributed by atoms with van der Waals surface area (Å²) in [4.78, 5) is 153. The molecule has 2 heterocycles. The molecule has 2 fully saturated rings. The van der Waals surface area contributed by atoms with Crippen molar-refractivity contribution in [1.29, 1.82) is 0 Å². The zero-order chi connectivity index (χ0) is 53.5. The summed E-state index contributed by atoms with van der Waals surface area (Å²) in [7, 11) is 1.39. The number of nitrogens with one attached hydrogen (secondary N) is 7. The van der Waals surface area contributed by atoms with Crippen molar-refractivity contribution in [2.45, 2.75) is 161 Å². The first-order valence-electron chi connectivity index (χ1n) is 24.4. The van der Waals surface area contributed by atoms with Gasteiger partial charge < -0.3 is 74.2 Å². The van der Waals surface area contributed by atoms with Crippen LogP contribution in [0.4, 0.5) is 0 Å². The predicted molar refractivity (Wildman–Crippen MR) is 259 cm³/mol. The molecule has 0 radical (unpaired) electrons. The number of amides is 11. The Morgan fingerprint density at radius 3 is 1.77 bits per heavy atom. The van der Waals surface area contributed by atoms with Crippen LogP contribution in [0.3, 0.4) is 0 Å². The largest absolute Gasteiger partial charge is 0.391 e. The number of aliphatic hydroxyl groups is 1. The fraction of sp³-hybridized carbons (Fsp3) is 0.733. The van der Waals surface area contributed by atoms with Crippen molar-refractivity contribution in [3.63, 3.8) is 0 Å². The molecule has 71 heavy (non-hydrogen) atoms. The lowest BCUT2D eigenvalue weighted by Crippen LogP contribution is -2.62. The third-order valence-corrected chi connectivity index (χ3v) is 12.3. The standard InChI is InChI=1S/C45H78N14O12/c1-8-14-29(43(70)59-22-13-17-32(59)40(67)53-30(15-11-20-50-45(47)48)44(71)58-21-12-16-31(58)39(66)49-10-3)54-42(69)37(26(5)60)56-41(68)36(25(4)9-2)55-38(65)28(18-19-33(46)62)52-34(63)23-51-35(64)24-57(7)27(6)61/h25-26,28-32,36-37,60H,8-24H2,1-7H3,(H2,46,62)(H,49,66)(H,51,64)(H,52,63)(H,53,67)(H,54,69)(H,55,65)(H,56,68)(H4,47,48,50)/t25-,26-,28-,29-,30-,31-,32-,36+,37-/m0/s1. The van der Waals surface area contributed by atoms with Crippen molar-refractivity contribution in [3.05, 3.63) is 0 Å². The quantitative estimate of drug-likeness (QED) is 0.0192. The Balaban J connectivity index is 2.28. The molecule has 0 aromatic heterocycles. The molecular formula is C45H78N14O12. The molecule has 0 spiro atoms. The van der Waals surface area contributed by atoms with Crippen LogP contribution in [0.15, 0.2) is 4.99 Å². The number of guanidine groups is 1. The van der Waals surface area contributed by atoms with Crippen molar-refractivity contribution >= 4 is 70.9 Å². The second-order valence-corrected chi connectivity index (χ2v) is 18.0. The zero-order valence-corrected chi connectivity index (χ0v) is 42.2. The lowest BCUT2D eigenvalue weighted by Gasteiger charge is -2.32. The van der Waals surface area contributed by atoms with Crippen LogP contribution in [0.1, 0.15) is 112 Å². The summed E-state index contributed by atoms with van der Waals surface area (Å²) in [6, 6.07) is -8.50. The molecule has 0 unspecified atom stereocenters. The number of nitrogens with two attached hydrogens (primary N) is 3. The number of hydrogen-bond donors (Lipinski definition) is 11. The van der Waals surface area contributed by atoms with Crippen molar-refractivity contribution in [2.75, 3.05) is 46.3 Å². The van der Waals surface area contributed by atoms with Crippen molar-refractivity contribution in [3.8, 4) is 0 Å². The summed E-state index contributed by atoms with van der Waals surface area (Å²) in [5, 5.41) is 28.8. The highest BCUT2D eigenvalue weighted by atomic mass is 16.3. The van der Waals surface area contributed by atoms with Crippen LogP contribution in [-0.4, -0.2) is 185 Å². The van der Waals surface area contributed by atoms with Gasteiger partial charge in [-0.25, -0.2) is 0 Å². The molecule has 2 aliphatic rings. The molecule has 0 aromatic rings. The van der Waals surface area contributed by atoms with E-state index >= 15 is 0 Å². The Morgan fingerprint density at radius 1 is 0.690 bits per heavy atom. The topological polar surface area (TPSA) is 392 Å². The molecule has 26 nitrogen and oxygen atoms in total. The van der Waals surface area contributed by atoms with Gasteiger partial charge in [0.1, 0.15) is 42.3 Å². The summed E-state index contributed by atoms with van der Waals surface area (Å²) in [5.41, 5.74) is 16.3. The number of aliphatic hydroxyl groups excluding tert-OH is 1. The Kier molecular flexibility index (Phi) is 25.7. The molecule has 0 aromatic carbocycles. The Bertz CT molecular complexity index is 1930. The van der Waals surface area contributed by atoms with E-state index in [2.05, 4.69) is 42.2 Å². The normalized spacial score (nSPS) is 18.2. The van der Waals surface area contributed by atoms with E-state index in [1.807, 2.05) is 0 Å². The average molecular weight is 1010 g/mol. The number of likely N-dealkylation sites (N-methyl/N-ethyl adjacent to an activating group) is 2. The highest BCUT2D eigenvalue weighted by Crippen LogP contribution is 2.23. The molecular weight excluding hydrogens is 929 g/mol. The van der Waals surface area contributed by atoms with Crippen molar-refractivity contribution in [2.24, 2.45) is 28.1 Å². The number of carbonyl (C=O) groups is 11. The van der Waals surface area contributed by atoms with E-state index < -0.39 is 114 Å². The van der Waals surface area contributed by atoms with Crippen LogP contribution in [0.5, 0.6) is 0 Å². The Hall–Kier alpha value is -6.60. The minimum atomic E-state index is -1.66. The van der Waals surface area contributed by atoms with Gasteiger partial charge in [0.25, 0.3) is 0 Å². The van der Waals surface area contributed by atoms with Gasteiger partial charge in [-0.2, -0.15) is 0 Å². The second kappa shape index (κ2) is 30.2. The first-order chi connectivity index (χ1) is 33.5. The first kappa shape index (κ1) is 60.5. The maximum Gasteiger partial charge on any atom is 0.245 e. The van der Waals surface area contributed by atoms with Gasteiger partial charge in [0, 0.05) is 46.6 Å². The molecule has 400 valence electrons. The number of likely N-dealkylation sites (tertiary alicyclic amines) is 2. The van der Waals surface area contributed by atoms with E-state index in [0.717, 1.165) is 4.90 Å². The molecule has 0 bridgehead atoms. The van der Waals surface area contributed by atoms with E-state index in [0.29, 0.717) is 51.6 Å². The lowest BCUT2D eigenvalue weighted by atomic mass is 9.96. The number of rotatable bonds is 29. The van der Waals surface area contributed by atoms with E-state index in [4.69, 9.17) is 17.2 Å². The molecule has 0 aliphatic carbocycles. The number of hydrogen-bond acceptors (Lipinski definition) is 13. The van der Waals surface area contributed by atoms with Gasteiger partial charge in [-0.1, -0.05) is 33.6 Å². The summed E-state index contributed by atoms with van der Waals surface area (Å²) in [6.07, 6.45) is 0.768. The van der Waals surface area contributed by atoms with E-state index in [1.54, 1.807) is 27.7 Å². The highest BCUT2D eigenvalue weighted by molar-refractivity contribution is 5.98. The zero-order valence-electron chi connectivity index (χ0n) is 42.2. The molecule has 14 N–H and O–H groups in total. The van der Waals surface area contributed by atoms with Crippen LogP contribution >= 0.6 is 0 Å². The minimum Gasteiger partial charge on any atom is -0.391 e. The van der Waals surface area contributed by atoms with Crippen LogP contribution in [0.2, 0.25) is 0 Å². The number of aliphatic imine (C=N–C) groups is 1. The van der Waals surface area contributed by atoms with Gasteiger partial charge in [0.15, 0.2) is 5.96 Å². The molecule has 0 saturated carbocycles. The molecule has 26 heteroatoms. The summed E-state index contributed by atoms with van der Waals surface area (Å²) in [5.74, 6) is -8.16. The Labute approximate surface area is 414 Å². The van der Waals surface area contributed by atoms with Crippen LogP contribution in [0.25, 0.3) is 0 Å². The highest BCUT2D eigenvalue weighted by Gasteiger charge is 2.42. The van der Waals surface area contributed by atoms with E-state index in [-0.39, 0.29) is 69.5 Å². The van der Waals surface area contributed by atoms with Crippen molar-refractivity contribution < 1.29 is 57.8 Å². The van der Waals surface area contributed by atoms with E-state index in [9.17, 15) is 57.8 Å². The third kappa shape index (κ3) is 19.6. The molecule has 2 aliphatic heterocycles. The first-order valence-corrected chi connectivity index (χ1v) is 24.4. The van der Waals surface area contributed by atoms with Crippen LogP contribution < -0.4 is 54.4 Å². The van der Waals surface area contributed by atoms with Gasteiger partial charge in [-0.05, 0) is 71.1 Å².